The number of rotatable bonds is 2. The van der Waals surface area contributed by atoms with Crippen LogP contribution in [0.1, 0.15) is 53.0 Å². The number of thiophene rings is 1. The molecule has 23 heavy (non-hydrogen) atoms. The summed E-state index contributed by atoms with van der Waals surface area (Å²) in [5, 5.41) is 6.33. The van der Waals surface area contributed by atoms with Gasteiger partial charge in [-0.2, -0.15) is 5.10 Å². The lowest BCUT2D eigenvalue weighted by Crippen LogP contribution is -2.41. The summed E-state index contributed by atoms with van der Waals surface area (Å²) in [4.78, 5) is 20.5. The Bertz CT molecular complexity index is 694. The maximum atomic E-state index is 13.0. The van der Waals surface area contributed by atoms with Gasteiger partial charge in [0.15, 0.2) is 0 Å². The molecule has 0 N–H and O–H groups in total. The normalized spacial score (nSPS) is 24.5. The molecule has 1 aliphatic carbocycles. The molecule has 2 aromatic rings. The maximum Gasteiger partial charge on any atom is 0.255 e. The van der Waals surface area contributed by atoms with Crippen molar-refractivity contribution >= 4 is 17.2 Å². The van der Waals surface area contributed by atoms with E-state index in [2.05, 4.69) is 22.4 Å². The van der Waals surface area contributed by atoms with Crippen molar-refractivity contribution in [2.75, 3.05) is 13.1 Å². The monoisotopic (exact) mass is 330 g/mol. The zero-order chi connectivity index (χ0) is 15.8. The number of carbonyl (C=O) groups excluding carboxylic acids is 1. The summed E-state index contributed by atoms with van der Waals surface area (Å²) in [7, 11) is 0. The van der Waals surface area contributed by atoms with Crippen LogP contribution in [0.3, 0.4) is 0 Å². The Morgan fingerprint density at radius 1 is 1.39 bits per heavy atom. The third-order valence-corrected chi connectivity index (χ3v) is 6.18. The summed E-state index contributed by atoms with van der Waals surface area (Å²) >= 11 is 1.77. The number of nitrogens with zero attached hydrogens (tertiary/aromatic N) is 4. The Morgan fingerprint density at radius 2 is 2.30 bits per heavy atom. The van der Waals surface area contributed by atoms with Crippen LogP contribution in [-0.2, 0) is 12.8 Å². The molecule has 5 nitrogen and oxygen atoms in total. The number of aromatic nitrogens is 3. The summed E-state index contributed by atoms with van der Waals surface area (Å²) in [6, 6.07) is 0.254. The first kappa shape index (κ1) is 14.9. The minimum Gasteiger partial charge on any atom is -0.336 e. The highest BCUT2D eigenvalue weighted by Gasteiger charge is 2.29. The van der Waals surface area contributed by atoms with Crippen LogP contribution in [0.5, 0.6) is 0 Å². The van der Waals surface area contributed by atoms with Gasteiger partial charge in [-0.3, -0.25) is 4.79 Å². The Hall–Kier alpha value is -1.69. The molecule has 1 aliphatic heterocycles. The standard InChI is InChI=1S/C17H22N4OS/c1-12-4-5-14-15(9-23-16(14)7-12)17(22)20-6-2-3-13(8-20)21-11-18-10-19-21/h9-13H,2-8H2,1H3/t12-,13-/m0/s1. The molecule has 0 aromatic carbocycles. The van der Waals surface area contributed by atoms with Gasteiger partial charge in [0.2, 0.25) is 0 Å². The molecule has 0 radical (unpaired) electrons. The van der Waals surface area contributed by atoms with Crippen LogP contribution in [-0.4, -0.2) is 38.7 Å². The highest BCUT2D eigenvalue weighted by Crippen LogP contribution is 2.34. The number of fused-ring (bicyclic) bond motifs is 1. The number of likely N-dealkylation sites (tertiary alicyclic amines) is 1. The quantitative estimate of drug-likeness (QED) is 0.851. The maximum absolute atomic E-state index is 13.0. The third kappa shape index (κ3) is 2.80. The minimum absolute atomic E-state index is 0.210. The van der Waals surface area contributed by atoms with Crippen molar-refractivity contribution < 1.29 is 4.79 Å². The average Bonchev–Trinajstić information content (AvgIpc) is 3.23. The van der Waals surface area contributed by atoms with E-state index in [9.17, 15) is 4.79 Å². The minimum atomic E-state index is 0.210. The largest absolute Gasteiger partial charge is 0.336 e. The van der Waals surface area contributed by atoms with E-state index in [4.69, 9.17) is 0 Å². The average molecular weight is 330 g/mol. The Balaban J connectivity index is 1.53. The summed E-state index contributed by atoms with van der Waals surface area (Å²) in [6.45, 7) is 3.89. The fraction of sp³-hybridized carbons (Fsp3) is 0.588. The molecule has 6 heteroatoms. The number of amides is 1. The fourth-order valence-electron chi connectivity index (χ4n) is 3.79. The molecule has 0 spiro atoms. The molecule has 1 amide bonds. The first-order valence-electron chi connectivity index (χ1n) is 8.45. The second-order valence-electron chi connectivity index (χ2n) is 6.82. The van der Waals surface area contributed by atoms with Crippen LogP contribution >= 0.6 is 11.3 Å². The van der Waals surface area contributed by atoms with Crippen molar-refractivity contribution in [3.63, 3.8) is 0 Å². The molecule has 0 bridgehead atoms. The van der Waals surface area contributed by atoms with Crippen LogP contribution in [0.4, 0.5) is 0 Å². The van der Waals surface area contributed by atoms with Gasteiger partial charge in [-0.05, 0) is 43.6 Å². The van der Waals surface area contributed by atoms with Crippen LogP contribution in [0.2, 0.25) is 0 Å². The van der Waals surface area contributed by atoms with Gasteiger partial charge in [-0.15, -0.1) is 11.3 Å². The van der Waals surface area contributed by atoms with E-state index in [0.717, 1.165) is 50.3 Å². The molecule has 0 unspecified atom stereocenters. The lowest BCUT2D eigenvalue weighted by atomic mass is 9.88. The zero-order valence-corrected chi connectivity index (χ0v) is 14.3. The predicted molar refractivity (Wildman–Crippen MR) is 89.7 cm³/mol. The summed E-state index contributed by atoms with van der Waals surface area (Å²) in [5.74, 6) is 0.956. The fourth-order valence-corrected chi connectivity index (χ4v) is 5.03. The van der Waals surface area contributed by atoms with E-state index >= 15 is 0 Å². The van der Waals surface area contributed by atoms with E-state index in [-0.39, 0.29) is 11.9 Å². The first-order valence-corrected chi connectivity index (χ1v) is 9.33. The molecule has 3 heterocycles. The van der Waals surface area contributed by atoms with Gasteiger partial charge in [0, 0.05) is 23.3 Å². The number of piperidine rings is 1. The number of hydrogen-bond acceptors (Lipinski definition) is 4. The van der Waals surface area contributed by atoms with E-state index in [0.29, 0.717) is 0 Å². The zero-order valence-electron chi connectivity index (χ0n) is 13.4. The molecular weight excluding hydrogens is 308 g/mol. The van der Waals surface area contributed by atoms with Crippen LogP contribution in [0, 0.1) is 5.92 Å². The van der Waals surface area contributed by atoms with Gasteiger partial charge in [-0.25, -0.2) is 9.67 Å². The molecule has 4 rings (SSSR count). The second kappa shape index (κ2) is 6.07. The second-order valence-corrected chi connectivity index (χ2v) is 7.79. The van der Waals surface area contributed by atoms with Gasteiger partial charge in [0.05, 0.1) is 11.6 Å². The highest BCUT2D eigenvalue weighted by atomic mass is 32.1. The van der Waals surface area contributed by atoms with Gasteiger partial charge < -0.3 is 4.90 Å². The van der Waals surface area contributed by atoms with Crippen molar-refractivity contribution in [1.82, 2.24) is 19.7 Å². The molecule has 1 fully saturated rings. The van der Waals surface area contributed by atoms with Gasteiger partial charge in [0.1, 0.15) is 12.7 Å². The Labute approximate surface area is 140 Å². The van der Waals surface area contributed by atoms with E-state index in [1.165, 1.54) is 16.9 Å². The van der Waals surface area contributed by atoms with E-state index < -0.39 is 0 Å². The van der Waals surface area contributed by atoms with Crippen LogP contribution in [0.15, 0.2) is 18.0 Å². The lowest BCUT2D eigenvalue weighted by Gasteiger charge is -2.33. The van der Waals surface area contributed by atoms with Crippen molar-refractivity contribution in [3.8, 4) is 0 Å². The molecule has 1 saturated heterocycles. The van der Waals surface area contributed by atoms with E-state index in [1.54, 1.807) is 24.0 Å². The molecule has 122 valence electrons. The molecule has 2 atom stereocenters. The van der Waals surface area contributed by atoms with Crippen molar-refractivity contribution in [3.05, 3.63) is 34.0 Å². The van der Waals surface area contributed by atoms with Gasteiger partial charge >= 0.3 is 0 Å². The molecule has 0 saturated carbocycles. The van der Waals surface area contributed by atoms with E-state index in [1.807, 2.05) is 9.58 Å². The summed E-state index contributed by atoms with van der Waals surface area (Å²) < 4.78 is 1.89. The van der Waals surface area contributed by atoms with Crippen LogP contribution in [0.25, 0.3) is 0 Å². The smallest absolute Gasteiger partial charge is 0.255 e. The first-order chi connectivity index (χ1) is 11.2. The van der Waals surface area contributed by atoms with Gasteiger partial charge in [-0.1, -0.05) is 6.92 Å². The third-order valence-electron chi connectivity index (χ3n) is 5.13. The highest BCUT2D eigenvalue weighted by molar-refractivity contribution is 7.10. The molecule has 2 aliphatic rings. The van der Waals surface area contributed by atoms with Gasteiger partial charge in [0.25, 0.3) is 5.91 Å². The predicted octanol–water partition coefficient (Wildman–Crippen LogP) is 2.94. The lowest BCUT2D eigenvalue weighted by molar-refractivity contribution is 0.0672. The number of hydrogen-bond donors (Lipinski definition) is 0. The summed E-state index contributed by atoms with van der Waals surface area (Å²) in [5.41, 5.74) is 2.28. The Morgan fingerprint density at radius 3 is 3.13 bits per heavy atom. The number of carbonyl (C=O) groups is 1. The SMILES string of the molecule is C[C@H]1CCc2c(C(=O)N3CCC[C@H](n4cncn4)C3)csc2C1. The molecular formula is C17H22N4OS. The van der Waals surface area contributed by atoms with Crippen molar-refractivity contribution in [2.45, 2.75) is 45.1 Å². The van der Waals surface area contributed by atoms with Crippen LogP contribution < -0.4 is 0 Å². The summed E-state index contributed by atoms with van der Waals surface area (Å²) in [6.07, 6.45) is 8.80. The topological polar surface area (TPSA) is 51.0 Å². The molecule has 2 aromatic heterocycles. The van der Waals surface area contributed by atoms with Crippen molar-refractivity contribution in [1.29, 1.82) is 0 Å². The Kier molecular flexibility index (Phi) is 3.93. The van der Waals surface area contributed by atoms with Crippen molar-refractivity contribution in [2.24, 2.45) is 5.92 Å².